The second-order valence-corrected chi connectivity index (χ2v) is 13.7. The molecular weight excluding hydrogens is 637 g/mol. The number of benzene rings is 9. The van der Waals surface area contributed by atoms with E-state index >= 15 is 0 Å². The maximum Gasteiger partial charge on any atom is -0.00199 e. The Hall–Kier alpha value is -6.76. The molecule has 0 saturated heterocycles. The molecule has 0 nitrogen and oxygen atoms in total. The van der Waals surface area contributed by atoms with Crippen molar-refractivity contribution in [1.82, 2.24) is 0 Å². The molecule has 0 bridgehead atoms. The third kappa shape index (κ3) is 5.85. The van der Waals surface area contributed by atoms with Crippen molar-refractivity contribution in [3.05, 3.63) is 223 Å². The molecule has 0 spiro atoms. The van der Waals surface area contributed by atoms with Gasteiger partial charge in [0, 0.05) is 0 Å². The highest BCUT2D eigenvalue weighted by Crippen LogP contribution is 2.47. The van der Waals surface area contributed by atoms with Gasteiger partial charge in [0.1, 0.15) is 0 Å². The Bertz CT molecular complexity index is 2780. The number of hydrogen-bond donors (Lipinski definition) is 0. The normalized spacial score (nSPS) is 11.7. The van der Waals surface area contributed by atoms with Crippen LogP contribution in [-0.4, -0.2) is 0 Å². The Balaban J connectivity index is 1.30. The van der Waals surface area contributed by atoms with E-state index in [0.29, 0.717) is 0 Å². The van der Waals surface area contributed by atoms with Crippen LogP contribution in [0.1, 0.15) is 16.7 Å². The fourth-order valence-corrected chi connectivity index (χ4v) is 8.05. The number of fused-ring (bicyclic) bond motifs is 3. The van der Waals surface area contributed by atoms with E-state index in [-0.39, 0.29) is 0 Å². The van der Waals surface area contributed by atoms with Crippen LogP contribution in [0.3, 0.4) is 0 Å². The summed E-state index contributed by atoms with van der Waals surface area (Å²) in [6, 6.07) is 68.7. The zero-order valence-corrected chi connectivity index (χ0v) is 29.8. The Kier molecular flexibility index (Phi) is 8.35. The molecule has 0 amide bonds. The molecule has 9 rings (SSSR count). The van der Waals surface area contributed by atoms with Crippen LogP contribution in [0.15, 0.2) is 207 Å². The van der Waals surface area contributed by atoms with E-state index in [1.54, 1.807) is 0 Å². The standard InChI is InChI=1S/C53H38/c1-3-15-45(44-21-10-7-16-36(44)2)38-27-29-39(30-28-38)46-33-32-43(42-31-26-37-17-8-9-20-41(37)34-42)35-51(46)53-49-24-13-11-22-47(49)52(40-18-5-4-6-19-40)48-23-12-14-25-50(48)53/h3-35H,1H2,2H3/b45-15-. The number of rotatable bonds is 7. The maximum absolute atomic E-state index is 4.04. The molecule has 9 aromatic rings. The van der Waals surface area contributed by atoms with Crippen molar-refractivity contribution in [2.24, 2.45) is 0 Å². The molecule has 0 aliphatic rings. The molecule has 0 heterocycles. The molecule has 0 saturated carbocycles. The van der Waals surface area contributed by atoms with E-state index in [2.05, 4.69) is 208 Å². The summed E-state index contributed by atoms with van der Waals surface area (Å²) in [4.78, 5) is 0. The van der Waals surface area contributed by atoms with E-state index < -0.39 is 0 Å². The molecule has 0 atom stereocenters. The van der Waals surface area contributed by atoms with Crippen molar-refractivity contribution in [2.75, 3.05) is 0 Å². The van der Waals surface area contributed by atoms with Gasteiger partial charge in [-0.05, 0) is 118 Å². The Labute approximate surface area is 311 Å². The molecule has 53 heavy (non-hydrogen) atoms. The third-order valence-corrected chi connectivity index (χ3v) is 10.6. The lowest BCUT2D eigenvalue weighted by Crippen LogP contribution is -1.94. The molecule has 0 unspecified atom stereocenters. The molecule has 0 radical (unpaired) electrons. The summed E-state index contributed by atoms with van der Waals surface area (Å²) in [6.45, 7) is 6.21. The van der Waals surface area contributed by atoms with Crippen molar-refractivity contribution in [3.8, 4) is 44.5 Å². The number of hydrogen-bond acceptors (Lipinski definition) is 0. The third-order valence-electron chi connectivity index (χ3n) is 10.6. The van der Waals surface area contributed by atoms with Gasteiger partial charge in [0.15, 0.2) is 0 Å². The fraction of sp³-hybridized carbons (Fsp3) is 0.0189. The highest BCUT2D eigenvalue weighted by Gasteiger charge is 2.20. The summed E-state index contributed by atoms with van der Waals surface area (Å²) in [5.41, 5.74) is 14.6. The molecule has 0 aliphatic heterocycles. The van der Waals surface area contributed by atoms with E-state index in [1.165, 1.54) is 99.1 Å². The van der Waals surface area contributed by atoms with Gasteiger partial charge in [-0.2, -0.15) is 0 Å². The summed E-state index contributed by atoms with van der Waals surface area (Å²) in [6.07, 6.45) is 4.00. The van der Waals surface area contributed by atoms with Gasteiger partial charge in [0.25, 0.3) is 0 Å². The van der Waals surface area contributed by atoms with Crippen molar-refractivity contribution < 1.29 is 0 Å². The van der Waals surface area contributed by atoms with Crippen LogP contribution >= 0.6 is 0 Å². The molecule has 0 fully saturated rings. The SMILES string of the molecule is C=C/C=C(/c1ccc(-c2ccc(-c3ccc4ccccc4c3)cc2-c2c3ccccc3c(-c3ccccc3)c3ccccc23)cc1)c1ccccc1C. The average Bonchev–Trinajstić information content (AvgIpc) is 3.22. The van der Waals surface area contributed by atoms with Crippen LogP contribution in [0.5, 0.6) is 0 Å². The van der Waals surface area contributed by atoms with Crippen LogP contribution < -0.4 is 0 Å². The first-order valence-corrected chi connectivity index (χ1v) is 18.3. The minimum atomic E-state index is 1.17. The van der Waals surface area contributed by atoms with Crippen molar-refractivity contribution in [2.45, 2.75) is 6.92 Å². The van der Waals surface area contributed by atoms with Gasteiger partial charge in [-0.3, -0.25) is 0 Å². The predicted octanol–water partition coefficient (Wildman–Crippen LogP) is 14.7. The first-order valence-electron chi connectivity index (χ1n) is 18.3. The number of aryl methyl sites for hydroxylation is 1. The first-order chi connectivity index (χ1) is 26.2. The summed E-state index contributed by atoms with van der Waals surface area (Å²) in [5, 5.41) is 7.48. The van der Waals surface area contributed by atoms with Crippen molar-refractivity contribution in [3.63, 3.8) is 0 Å². The molecule has 250 valence electrons. The predicted molar refractivity (Wildman–Crippen MR) is 229 cm³/mol. The smallest absolute Gasteiger partial charge is 0.00199 e. The van der Waals surface area contributed by atoms with Crippen LogP contribution in [0.25, 0.3) is 82.4 Å². The Morgan fingerprint density at radius 2 is 0.962 bits per heavy atom. The van der Waals surface area contributed by atoms with Crippen LogP contribution in [0.4, 0.5) is 0 Å². The minimum Gasteiger partial charge on any atom is -0.0990 e. The van der Waals surface area contributed by atoms with Crippen molar-refractivity contribution in [1.29, 1.82) is 0 Å². The lowest BCUT2D eigenvalue weighted by Gasteiger charge is -2.21. The summed E-state index contributed by atoms with van der Waals surface area (Å²) in [7, 11) is 0. The minimum absolute atomic E-state index is 1.17. The topological polar surface area (TPSA) is 0 Å². The van der Waals surface area contributed by atoms with Gasteiger partial charge < -0.3 is 0 Å². The van der Waals surface area contributed by atoms with E-state index in [1.807, 2.05) is 6.08 Å². The second kappa shape index (κ2) is 13.8. The van der Waals surface area contributed by atoms with Crippen molar-refractivity contribution >= 4 is 37.9 Å². The zero-order chi connectivity index (χ0) is 35.7. The summed E-state index contributed by atoms with van der Waals surface area (Å²) in [5.74, 6) is 0. The van der Waals surface area contributed by atoms with Gasteiger partial charge >= 0.3 is 0 Å². The van der Waals surface area contributed by atoms with Gasteiger partial charge in [-0.15, -0.1) is 0 Å². The molecule has 9 aromatic carbocycles. The molecule has 0 aliphatic carbocycles. The molecule has 0 aromatic heterocycles. The second-order valence-electron chi connectivity index (χ2n) is 13.7. The highest BCUT2D eigenvalue weighted by molar-refractivity contribution is 6.22. The van der Waals surface area contributed by atoms with Crippen LogP contribution in [0, 0.1) is 6.92 Å². The van der Waals surface area contributed by atoms with Gasteiger partial charge in [0.05, 0.1) is 0 Å². The van der Waals surface area contributed by atoms with E-state index in [9.17, 15) is 0 Å². The zero-order valence-electron chi connectivity index (χ0n) is 29.8. The lowest BCUT2D eigenvalue weighted by molar-refractivity contribution is 1.41. The van der Waals surface area contributed by atoms with Crippen LogP contribution in [0.2, 0.25) is 0 Å². The fourth-order valence-electron chi connectivity index (χ4n) is 8.05. The molecule has 0 heteroatoms. The Morgan fingerprint density at radius 1 is 0.415 bits per heavy atom. The summed E-state index contributed by atoms with van der Waals surface area (Å²) < 4.78 is 0. The molecular formula is C53H38. The van der Waals surface area contributed by atoms with Gasteiger partial charge in [0.2, 0.25) is 0 Å². The van der Waals surface area contributed by atoms with Gasteiger partial charge in [-0.25, -0.2) is 0 Å². The first kappa shape index (κ1) is 32.2. The Morgan fingerprint density at radius 3 is 1.64 bits per heavy atom. The quantitative estimate of drug-likeness (QED) is 0.117. The van der Waals surface area contributed by atoms with Crippen LogP contribution in [-0.2, 0) is 0 Å². The van der Waals surface area contributed by atoms with E-state index in [4.69, 9.17) is 0 Å². The largest absolute Gasteiger partial charge is 0.0990 e. The summed E-state index contributed by atoms with van der Waals surface area (Å²) >= 11 is 0. The molecule has 0 N–H and O–H groups in total. The lowest BCUT2D eigenvalue weighted by atomic mass is 9.82. The average molecular weight is 675 g/mol. The number of allylic oxidation sites excluding steroid dienone is 2. The van der Waals surface area contributed by atoms with Gasteiger partial charge in [-0.1, -0.05) is 195 Å². The maximum atomic E-state index is 4.04. The van der Waals surface area contributed by atoms with E-state index in [0.717, 1.165) is 0 Å². The monoisotopic (exact) mass is 674 g/mol. The highest BCUT2D eigenvalue weighted by atomic mass is 14.2.